The highest BCUT2D eigenvalue weighted by Gasteiger charge is 2.00. The van der Waals surface area contributed by atoms with Crippen LogP contribution in [0.2, 0.25) is 0 Å². The van der Waals surface area contributed by atoms with E-state index in [1.54, 1.807) is 0 Å². The lowest BCUT2D eigenvalue weighted by molar-refractivity contribution is 0.645. The highest BCUT2D eigenvalue weighted by atomic mass is 79.9. The van der Waals surface area contributed by atoms with Crippen molar-refractivity contribution in [2.45, 2.75) is 34.1 Å². The monoisotopic (exact) mass is 242 g/mol. The van der Waals surface area contributed by atoms with Gasteiger partial charge in [0.2, 0.25) is 0 Å². The minimum atomic E-state index is 0.730. The van der Waals surface area contributed by atoms with E-state index in [9.17, 15) is 0 Å². The van der Waals surface area contributed by atoms with Crippen molar-refractivity contribution < 1.29 is 0 Å². The van der Waals surface area contributed by atoms with Crippen molar-refractivity contribution in [2.24, 2.45) is 5.92 Å². The molecule has 0 unspecified atom stereocenters. The van der Waals surface area contributed by atoms with E-state index in [-0.39, 0.29) is 0 Å². The van der Waals surface area contributed by atoms with Crippen LogP contribution < -0.4 is 0 Å². The molecule has 0 nitrogen and oxygen atoms in total. The number of hydrogen-bond donors (Lipinski definition) is 0. The Morgan fingerprint density at radius 3 is 2.15 bits per heavy atom. The Morgan fingerprint density at radius 1 is 1.15 bits per heavy atom. The Labute approximate surface area is 90.5 Å². The smallest absolute Gasteiger partial charge is 0.0207 e. The highest BCUT2D eigenvalue weighted by Crippen LogP contribution is 2.18. The van der Waals surface area contributed by atoms with Crippen LogP contribution in [-0.2, 0) is 6.42 Å². The molecule has 1 heteroatoms. The summed E-state index contributed by atoms with van der Waals surface area (Å²) in [7, 11) is 0. The minimum absolute atomic E-state index is 0.730. The summed E-state index contributed by atoms with van der Waals surface area (Å²) in [5, 5.41) is 0. The van der Waals surface area contributed by atoms with Gasteiger partial charge in [0.25, 0.3) is 0 Å². The lowest BCUT2D eigenvalue weighted by atomic mass is 10.0. The van der Waals surface area contributed by atoms with Crippen molar-refractivity contribution in [2.75, 3.05) is 0 Å². The molecular weight excluding hydrogens is 224 g/mol. The Bertz CT molecular complexity index is 228. The van der Waals surface area contributed by atoms with Crippen molar-refractivity contribution in [1.82, 2.24) is 0 Å². The molecule has 1 aromatic rings. The predicted molar refractivity (Wildman–Crippen MR) is 64.0 cm³/mol. The molecule has 1 aromatic carbocycles. The molecule has 0 aliphatic rings. The maximum Gasteiger partial charge on any atom is 0.0207 e. The van der Waals surface area contributed by atoms with Gasteiger partial charge in [-0.05, 0) is 24.0 Å². The largest absolute Gasteiger partial charge is 0.0683 e. The lowest BCUT2D eigenvalue weighted by Gasteiger charge is -2.05. The number of rotatable bonds is 2. The Morgan fingerprint density at radius 2 is 1.69 bits per heavy atom. The van der Waals surface area contributed by atoms with Crippen molar-refractivity contribution >= 4 is 15.9 Å². The maximum atomic E-state index is 3.52. The van der Waals surface area contributed by atoms with E-state index < -0.39 is 0 Å². The standard InChI is InChI=1S/C10H13Br.C2H6/c1-8(2)7-9-5-3-4-6-10(9)11;1-2/h3-6,8H,7H2,1-2H3;1-2H3. The molecule has 0 saturated carbocycles. The van der Waals surface area contributed by atoms with Gasteiger partial charge in [-0.15, -0.1) is 0 Å². The molecular formula is C12H19Br. The fourth-order valence-corrected chi connectivity index (χ4v) is 1.55. The topological polar surface area (TPSA) is 0 Å². The first-order valence-electron chi connectivity index (χ1n) is 4.93. The minimum Gasteiger partial charge on any atom is -0.0683 e. The Kier molecular flexibility index (Phi) is 6.97. The van der Waals surface area contributed by atoms with Crippen molar-refractivity contribution in [3.05, 3.63) is 34.3 Å². The first-order valence-corrected chi connectivity index (χ1v) is 5.73. The van der Waals surface area contributed by atoms with Crippen LogP contribution in [0.25, 0.3) is 0 Å². The molecule has 13 heavy (non-hydrogen) atoms. The predicted octanol–water partition coefficient (Wildman–Crippen LogP) is 4.67. The molecule has 0 amide bonds. The molecule has 1 rings (SSSR count). The van der Waals surface area contributed by atoms with E-state index in [1.807, 2.05) is 19.9 Å². The van der Waals surface area contributed by atoms with Gasteiger partial charge in [0, 0.05) is 4.47 Å². The van der Waals surface area contributed by atoms with Crippen LogP contribution in [0.15, 0.2) is 28.7 Å². The van der Waals surface area contributed by atoms with Gasteiger partial charge in [-0.1, -0.05) is 61.8 Å². The maximum absolute atomic E-state index is 3.52. The van der Waals surface area contributed by atoms with Gasteiger partial charge >= 0.3 is 0 Å². The molecule has 0 radical (unpaired) electrons. The van der Waals surface area contributed by atoms with E-state index in [1.165, 1.54) is 10.0 Å². The van der Waals surface area contributed by atoms with Gasteiger partial charge in [0.15, 0.2) is 0 Å². The third-order valence-corrected chi connectivity index (χ3v) is 2.36. The summed E-state index contributed by atoms with van der Waals surface area (Å²) < 4.78 is 1.23. The van der Waals surface area contributed by atoms with Crippen LogP contribution in [0.3, 0.4) is 0 Å². The molecule has 0 aliphatic carbocycles. The van der Waals surface area contributed by atoms with Crippen LogP contribution >= 0.6 is 15.9 Å². The van der Waals surface area contributed by atoms with E-state index in [4.69, 9.17) is 0 Å². The van der Waals surface area contributed by atoms with Gasteiger partial charge in [0.05, 0.1) is 0 Å². The quantitative estimate of drug-likeness (QED) is 0.707. The SMILES string of the molecule is CC.CC(C)Cc1ccccc1Br. The highest BCUT2D eigenvalue weighted by molar-refractivity contribution is 9.10. The summed E-state index contributed by atoms with van der Waals surface area (Å²) in [5.41, 5.74) is 1.41. The molecule has 74 valence electrons. The fourth-order valence-electron chi connectivity index (χ4n) is 1.10. The van der Waals surface area contributed by atoms with Crippen LogP contribution in [-0.4, -0.2) is 0 Å². The van der Waals surface area contributed by atoms with E-state index >= 15 is 0 Å². The van der Waals surface area contributed by atoms with Crippen LogP contribution in [0.5, 0.6) is 0 Å². The molecule has 0 heterocycles. The number of benzene rings is 1. The zero-order valence-corrected chi connectivity index (χ0v) is 10.6. The molecule has 0 fully saturated rings. The van der Waals surface area contributed by atoms with Gasteiger partial charge in [-0.3, -0.25) is 0 Å². The Balaban J connectivity index is 0.000000671. The second kappa shape index (κ2) is 7.14. The first kappa shape index (κ1) is 12.7. The average molecular weight is 243 g/mol. The van der Waals surface area contributed by atoms with Gasteiger partial charge in [0.1, 0.15) is 0 Å². The molecule has 0 bridgehead atoms. The zero-order valence-electron chi connectivity index (χ0n) is 8.97. The van der Waals surface area contributed by atoms with Crippen molar-refractivity contribution in [3.63, 3.8) is 0 Å². The Hall–Kier alpha value is -0.300. The molecule has 0 saturated heterocycles. The number of halogens is 1. The summed E-state index contributed by atoms with van der Waals surface area (Å²) in [6.45, 7) is 8.47. The molecule has 0 spiro atoms. The first-order chi connectivity index (χ1) is 6.20. The van der Waals surface area contributed by atoms with Crippen LogP contribution in [0, 0.1) is 5.92 Å². The van der Waals surface area contributed by atoms with Gasteiger partial charge in [-0.25, -0.2) is 0 Å². The number of hydrogen-bond acceptors (Lipinski definition) is 0. The molecule has 0 N–H and O–H groups in total. The van der Waals surface area contributed by atoms with E-state index in [0.29, 0.717) is 0 Å². The van der Waals surface area contributed by atoms with Crippen LogP contribution in [0.1, 0.15) is 33.3 Å². The van der Waals surface area contributed by atoms with Gasteiger partial charge < -0.3 is 0 Å². The van der Waals surface area contributed by atoms with Gasteiger partial charge in [-0.2, -0.15) is 0 Å². The summed E-state index contributed by atoms with van der Waals surface area (Å²) in [6.07, 6.45) is 1.15. The van der Waals surface area contributed by atoms with Crippen molar-refractivity contribution in [3.8, 4) is 0 Å². The van der Waals surface area contributed by atoms with E-state index in [2.05, 4.69) is 48.0 Å². The summed E-state index contributed by atoms with van der Waals surface area (Å²) in [4.78, 5) is 0. The average Bonchev–Trinajstić information content (AvgIpc) is 2.12. The second-order valence-corrected chi connectivity index (χ2v) is 4.04. The molecule has 0 atom stereocenters. The fraction of sp³-hybridized carbons (Fsp3) is 0.500. The normalized spacial score (nSPS) is 9.38. The van der Waals surface area contributed by atoms with E-state index in [0.717, 1.165) is 12.3 Å². The van der Waals surface area contributed by atoms with Crippen molar-refractivity contribution in [1.29, 1.82) is 0 Å². The van der Waals surface area contributed by atoms with Crippen LogP contribution in [0.4, 0.5) is 0 Å². The third kappa shape index (κ3) is 5.09. The zero-order chi connectivity index (χ0) is 10.3. The lowest BCUT2D eigenvalue weighted by Crippen LogP contribution is -1.94. The molecule has 0 aliphatic heterocycles. The summed E-state index contributed by atoms with van der Waals surface area (Å²) in [5.74, 6) is 0.730. The molecule has 0 aromatic heterocycles. The third-order valence-electron chi connectivity index (χ3n) is 1.59. The summed E-state index contributed by atoms with van der Waals surface area (Å²) >= 11 is 3.52. The second-order valence-electron chi connectivity index (χ2n) is 3.19. The summed E-state index contributed by atoms with van der Waals surface area (Å²) in [6, 6.07) is 8.40.